The van der Waals surface area contributed by atoms with Crippen LogP contribution in [0.5, 0.6) is 0 Å². The Kier molecular flexibility index (Phi) is 4.53. The lowest BCUT2D eigenvalue weighted by Crippen LogP contribution is -2.24. The van der Waals surface area contributed by atoms with Crippen molar-refractivity contribution in [1.29, 1.82) is 0 Å². The normalized spacial score (nSPS) is 10.7. The molecule has 0 aliphatic rings. The van der Waals surface area contributed by atoms with Crippen molar-refractivity contribution >= 4 is 22.6 Å². The lowest BCUT2D eigenvalue weighted by molar-refractivity contribution is 0.0697. The van der Waals surface area contributed by atoms with E-state index in [0.717, 1.165) is 36.1 Å². The van der Waals surface area contributed by atoms with Crippen LogP contribution in [0.25, 0.3) is 10.9 Å². The van der Waals surface area contributed by atoms with Crippen molar-refractivity contribution in [3.63, 3.8) is 0 Å². The van der Waals surface area contributed by atoms with Crippen LogP contribution < -0.4 is 10.2 Å². The highest BCUT2D eigenvalue weighted by atomic mass is 16.4. The van der Waals surface area contributed by atoms with E-state index in [2.05, 4.69) is 10.3 Å². The van der Waals surface area contributed by atoms with Gasteiger partial charge in [0.25, 0.3) is 0 Å². The van der Waals surface area contributed by atoms with Gasteiger partial charge in [-0.3, -0.25) is 4.98 Å². The Morgan fingerprint density at radius 3 is 2.85 bits per heavy atom. The predicted molar refractivity (Wildman–Crippen MR) is 80.5 cm³/mol. The average molecular weight is 273 g/mol. The average Bonchev–Trinajstić information content (AvgIpc) is 2.46. The fraction of sp³-hybridized carbons (Fsp3) is 0.333. The summed E-state index contributed by atoms with van der Waals surface area (Å²) in [5.41, 5.74) is 1.79. The van der Waals surface area contributed by atoms with Gasteiger partial charge >= 0.3 is 5.97 Å². The van der Waals surface area contributed by atoms with E-state index in [4.69, 9.17) is 0 Å². The van der Waals surface area contributed by atoms with Crippen LogP contribution >= 0.6 is 0 Å². The highest BCUT2D eigenvalue weighted by Gasteiger charge is 2.17. The molecular weight excluding hydrogens is 254 g/mol. The predicted octanol–water partition coefficient (Wildman–Crippen LogP) is 1.98. The summed E-state index contributed by atoms with van der Waals surface area (Å²) in [6.45, 7) is 1.69. The van der Waals surface area contributed by atoms with Crippen LogP contribution in [-0.2, 0) is 0 Å². The number of carbonyl (C=O) groups is 1. The number of aromatic nitrogens is 1. The molecule has 5 nitrogen and oxygen atoms in total. The van der Waals surface area contributed by atoms with Crippen LogP contribution in [0.3, 0.4) is 0 Å². The van der Waals surface area contributed by atoms with Crippen molar-refractivity contribution in [3.8, 4) is 0 Å². The van der Waals surface area contributed by atoms with Gasteiger partial charge < -0.3 is 15.3 Å². The molecule has 2 N–H and O–H groups in total. The number of carboxylic acid groups (broad SMARTS) is 1. The van der Waals surface area contributed by atoms with Crippen molar-refractivity contribution in [1.82, 2.24) is 10.3 Å². The molecule has 0 unspecified atom stereocenters. The third kappa shape index (κ3) is 2.88. The molecule has 0 atom stereocenters. The second kappa shape index (κ2) is 6.34. The van der Waals surface area contributed by atoms with E-state index in [9.17, 15) is 9.90 Å². The van der Waals surface area contributed by atoms with Crippen LogP contribution in [0.4, 0.5) is 5.69 Å². The van der Waals surface area contributed by atoms with Gasteiger partial charge in [-0.2, -0.15) is 0 Å². The third-order valence-electron chi connectivity index (χ3n) is 3.28. The Morgan fingerprint density at radius 2 is 2.15 bits per heavy atom. The SMILES string of the molecule is CNCCCN(C)c1c(C(=O)O)cnc2ccccc12. The first kappa shape index (κ1) is 14.3. The third-order valence-corrected chi connectivity index (χ3v) is 3.28. The molecule has 1 aromatic carbocycles. The highest BCUT2D eigenvalue weighted by Crippen LogP contribution is 2.28. The largest absolute Gasteiger partial charge is 0.478 e. The molecule has 0 amide bonds. The quantitative estimate of drug-likeness (QED) is 0.788. The van der Waals surface area contributed by atoms with E-state index in [0.29, 0.717) is 0 Å². The summed E-state index contributed by atoms with van der Waals surface area (Å²) in [6.07, 6.45) is 2.39. The Hall–Kier alpha value is -2.14. The summed E-state index contributed by atoms with van der Waals surface area (Å²) in [4.78, 5) is 17.6. The van der Waals surface area contributed by atoms with E-state index in [1.54, 1.807) is 0 Å². The number of carboxylic acids is 1. The minimum atomic E-state index is -0.946. The zero-order chi connectivity index (χ0) is 14.5. The fourth-order valence-electron chi connectivity index (χ4n) is 2.30. The molecule has 0 saturated carbocycles. The minimum Gasteiger partial charge on any atom is -0.478 e. The summed E-state index contributed by atoms with van der Waals surface area (Å²) in [5, 5.41) is 13.3. The van der Waals surface area contributed by atoms with Crippen molar-refractivity contribution in [2.45, 2.75) is 6.42 Å². The lowest BCUT2D eigenvalue weighted by atomic mass is 10.1. The minimum absolute atomic E-state index is 0.246. The summed E-state index contributed by atoms with van der Waals surface area (Å²) in [7, 11) is 3.83. The number of nitrogens with zero attached hydrogens (tertiary/aromatic N) is 2. The molecule has 1 heterocycles. The first-order chi connectivity index (χ1) is 9.65. The summed E-state index contributed by atoms with van der Waals surface area (Å²) < 4.78 is 0. The lowest BCUT2D eigenvalue weighted by Gasteiger charge is -2.22. The van der Waals surface area contributed by atoms with Gasteiger partial charge in [-0.25, -0.2) is 4.79 Å². The van der Waals surface area contributed by atoms with Gasteiger partial charge in [0.05, 0.1) is 11.2 Å². The molecule has 20 heavy (non-hydrogen) atoms. The van der Waals surface area contributed by atoms with E-state index in [1.807, 2.05) is 43.3 Å². The summed E-state index contributed by atoms with van der Waals surface area (Å²) in [6, 6.07) is 7.62. The second-order valence-corrected chi connectivity index (χ2v) is 4.72. The molecule has 0 bridgehead atoms. The van der Waals surface area contributed by atoms with Gasteiger partial charge in [0.2, 0.25) is 0 Å². The molecule has 106 valence electrons. The number of anilines is 1. The van der Waals surface area contributed by atoms with Gasteiger partial charge in [-0.15, -0.1) is 0 Å². The molecule has 0 saturated heterocycles. The first-order valence-electron chi connectivity index (χ1n) is 6.62. The van der Waals surface area contributed by atoms with Crippen molar-refractivity contribution in [3.05, 3.63) is 36.0 Å². The monoisotopic (exact) mass is 273 g/mol. The van der Waals surface area contributed by atoms with E-state index < -0.39 is 5.97 Å². The highest BCUT2D eigenvalue weighted by molar-refractivity contribution is 6.04. The van der Waals surface area contributed by atoms with Crippen LogP contribution in [0.2, 0.25) is 0 Å². The zero-order valence-electron chi connectivity index (χ0n) is 11.8. The van der Waals surface area contributed by atoms with Gasteiger partial charge in [-0.05, 0) is 26.1 Å². The van der Waals surface area contributed by atoms with Crippen LogP contribution in [0, 0.1) is 0 Å². The molecule has 0 spiro atoms. The van der Waals surface area contributed by atoms with Crippen LogP contribution in [0.15, 0.2) is 30.5 Å². The molecule has 0 aliphatic carbocycles. The summed E-state index contributed by atoms with van der Waals surface area (Å²) in [5.74, 6) is -0.946. The van der Waals surface area contributed by atoms with Gasteiger partial charge in [0.15, 0.2) is 0 Å². The van der Waals surface area contributed by atoms with Crippen LogP contribution in [-0.4, -0.2) is 43.2 Å². The maximum absolute atomic E-state index is 11.4. The topological polar surface area (TPSA) is 65.5 Å². The van der Waals surface area contributed by atoms with Gasteiger partial charge in [0.1, 0.15) is 5.56 Å². The molecule has 0 aliphatic heterocycles. The first-order valence-corrected chi connectivity index (χ1v) is 6.62. The second-order valence-electron chi connectivity index (χ2n) is 4.72. The Balaban J connectivity index is 2.46. The number of pyridine rings is 1. The Bertz CT molecular complexity index is 613. The van der Waals surface area contributed by atoms with Crippen molar-refractivity contribution in [2.75, 3.05) is 32.1 Å². The van der Waals surface area contributed by atoms with E-state index in [1.165, 1.54) is 6.20 Å². The number of aromatic carboxylic acids is 1. The maximum Gasteiger partial charge on any atom is 0.339 e. The maximum atomic E-state index is 11.4. The zero-order valence-corrected chi connectivity index (χ0v) is 11.8. The molecule has 1 aromatic heterocycles. The molecule has 2 rings (SSSR count). The van der Waals surface area contributed by atoms with Crippen molar-refractivity contribution in [2.24, 2.45) is 0 Å². The fourth-order valence-corrected chi connectivity index (χ4v) is 2.30. The Labute approximate surface area is 118 Å². The van der Waals surface area contributed by atoms with Gasteiger partial charge in [-0.1, -0.05) is 18.2 Å². The number of hydrogen-bond acceptors (Lipinski definition) is 4. The molecule has 0 radical (unpaired) electrons. The number of nitrogens with one attached hydrogen (secondary N) is 1. The molecule has 0 fully saturated rings. The van der Waals surface area contributed by atoms with Crippen LogP contribution in [0.1, 0.15) is 16.8 Å². The van der Waals surface area contributed by atoms with Crippen molar-refractivity contribution < 1.29 is 9.90 Å². The Morgan fingerprint density at radius 1 is 1.40 bits per heavy atom. The summed E-state index contributed by atoms with van der Waals surface area (Å²) >= 11 is 0. The van der Waals surface area contributed by atoms with E-state index in [-0.39, 0.29) is 5.56 Å². The molecule has 2 aromatic rings. The molecule has 5 heteroatoms. The number of fused-ring (bicyclic) bond motifs is 1. The smallest absolute Gasteiger partial charge is 0.339 e. The van der Waals surface area contributed by atoms with E-state index >= 15 is 0 Å². The van der Waals surface area contributed by atoms with Gasteiger partial charge in [0, 0.05) is 25.2 Å². The number of benzene rings is 1. The standard InChI is InChI=1S/C15H19N3O2/c1-16-8-5-9-18(2)14-11-6-3-4-7-13(11)17-10-12(14)15(19)20/h3-4,6-7,10,16H,5,8-9H2,1-2H3,(H,19,20). The number of para-hydroxylation sites is 1. The number of hydrogen-bond donors (Lipinski definition) is 2. The molecular formula is C15H19N3O2. The number of rotatable bonds is 6.